The predicted molar refractivity (Wildman–Crippen MR) is 111 cm³/mol. The van der Waals surface area contributed by atoms with Crippen molar-refractivity contribution in [3.8, 4) is 0 Å². The van der Waals surface area contributed by atoms with E-state index in [4.69, 9.17) is 4.74 Å². The molecule has 1 saturated heterocycles. The number of ether oxygens (including phenoxy) is 1. The Kier molecular flexibility index (Phi) is 5.88. The Hall–Kier alpha value is -3.48. The molecule has 30 heavy (non-hydrogen) atoms. The second-order valence-electron chi connectivity index (χ2n) is 7.37. The first kappa shape index (κ1) is 19.8. The summed E-state index contributed by atoms with van der Waals surface area (Å²) in [7, 11) is 0. The maximum atomic E-state index is 12.3. The monoisotopic (exact) mass is 405 g/mol. The molecule has 1 fully saturated rings. The van der Waals surface area contributed by atoms with Gasteiger partial charge in [-0.2, -0.15) is 5.10 Å². The standard InChI is InChI=1S/C23H23N3O4/c27-21-7-4-13-25(21)15-17-8-10-19(11-9-17)23(29)30-16-22(28)26-14-12-20(24-26)18-5-2-1-3-6-18/h1-3,5-6,8-11H,4,7,12-16H2. The third-order valence-corrected chi connectivity index (χ3v) is 5.26. The molecule has 0 bridgehead atoms. The highest BCUT2D eigenvalue weighted by Crippen LogP contribution is 2.16. The number of hydrazone groups is 1. The summed E-state index contributed by atoms with van der Waals surface area (Å²) in [4.78, 5) is 38.1. The van der Waals surface area contributed by atoms with Gasteiger partial charge in [0.25, 0.3) is 5.91 Å². The van der Waals surface area contributed by atoms with E-state index >= 15 is 0 Å². The average molecular weight is 405 g/mol. The third kappa shape index (κ3) is 4.56. The Labute approximate surface area is 174 Å². The van der Waals surface area contributed by atoms with Crippen LogP contribution in [0, 0.1) is 0 Å². The van der Waals surface area contributed by atoms with E-state index in [0.29, 0.717) is 31.5 Å². The summed E-state index contributed by atoms with van der Waals surface area (Å²) in [6.45, 7) is 1.44. The molecular formula is C23H23N3O4. The molecule has 2 aromatic carbocycles. The molecule has 0 radical (unpaired) electrons. The first-order valence-corrected chi connectivity index (χ1v) is 10.1. The Morgan fingerprint density at radius 1 is 0.967 bits per heavy atom. The number of rotatable bonds is 6. The second-order valence-corrected chi connectivity index (χ2v) is 7.37. The highest BCUT2D eigenvalue weighted by Gasteiger charge is 2.23. The lowest BCUT2D eigenvalue weighted by atomic mass is 10.1. The first-order chi connectivity index (χ1) is 14.6. The van der Waals surface area contributed by atoms with Crippen molar-refractivity contribution in [1.29, 1.82) is 0 Å². The van der Waals surface area contributed by atoms with Crippen LogP contribution >= 0.6 is 0 Å². The van der Waals surface area contributed by atoms with Gasteiger partial charge in [-0.25, -0.2) is 9.80 Å². The number of esters is 1. The summed E-state index contributed by atoms with van der Waals surface area (Å²) in [5.41, 5.74) is 3.16. The molecule has 2 aliphatic rings. The molecule has 0 N–H and O–H groups in total. The van der Waals surface area contributed by atoms with Crippen molar-refractivity contribution in [3.63, 3.8) is 0 Å². The van der Waals surface area contributed by atoms with Gasteiger partial charge in [0.15, 0.2) is 6.61 Å². The van der Waals surface area contributed by atoms with Gasteiger partial charge in [-0.05, 0) is 29.7 Å². The number of nitrogens with zero attached hydrogens (tertiary/aromatic N) is 3. The molecule has 2 amide bonds. The van der Waals surface area contributed by atoms with Gasteiger partial charge in [0, 0.05) is 25.9 Å². The van der Waals surface area contributed by atoms with Crippen molar-refractivity contribution < 1.29 is 19.1 Å². The average Bonchev–Trinajstić information content (AvgIpc) is 3.43. The number of hydrogen-bond acceptors (Lipinski definition) is 5. The van der Waals surface area contributed by atoms with Crippen LogP contribution in [0.2, 0.25) is 0 Å². The Morgan fingerprint density at radius 2 is 1.73 bits per heavy atom. The van der Waals surface area contributed by atoms with Gasteiger partial charge in [-0.3, -0.25) is 9.59 Å². The van der Waals surface area contributed by atoms with Crippen LogP contribution in [0.25, 0.3) is 0 Å². The molecule has 154 valence electrons. The smallest absolute Gasteiger partial charge is 0.338 e. The van der Waals surface area contributed by atoms with Crippen LogP contribution in [0.4, 0.5) is 0 Å². The lowest BCUT2D eigenvalue weighted by Crippen LogP contribution is -2.28. The maximum absolute atomic E-state index is 12.3. The highest BCUT2D eigenvalue weighted by atomic mass is 16.5. The summed E-state index contributed by atoms with van der Waals surface area (Å²) in [5, 5.41) is 5.71. The van der Waals surface area contributed by atoms with Crippen LogP contribution in [0.1, 0.15) is 40.7 Å². The molecule has 0 aliphatic carbocycles. The molecular weight excluding hydrogens is 382 g/mol. The topological polar surface area (TPSA) is 79.3 Å². The fraction of sp³-hybridized carbons (Fsp3) is 0.304. The van der Waals surface area contributed by atoms with Crippen LogP contribution in [0.15, 0.2) is 59.7 Å². The number of likely N-dealkylation sites (tertiary alicyclic amines) is 1. The van der Waals surface area contributed by atoms with Gasteiger partial charge in [-0.15, -0.1) is 0 Å². The van der Waals surface area contributed by atoms with Crippen LogP contribution in [-0.2, 0) is 20.9 Å². The molecule has 0 saturated carbocycles. The molecule has 4 rings (SSSR count). The van der Waals surface area contributed by atoms with Crippen LogP contribution in [0.3, 0.4) is 0 Å². The highest BCUT2D eigenvalue weighted by molar-refractivity contribution is 6.02. The van der Waals surface area contributed by atoms with E-state index in [1.165, 1.54) is 5.01 Å². The summed E-state index contributed by atoms with van der Waals surface area (Å²) < 4.78 is 5.17. The molecule has 0 atom stereocenters. The van der Waals surface area contributed by atoms with E-state index < -0.39 is 5.97 Å². The number of amides is 2. The number of carbonyl (C=O) groups excluding carboxylic acids is 3. The molecule has 7 heteroatoms. The minimum Gasteiger partial charge on any atom is -0.452 e. The van der Waals surface area contributed by atoms with Gasteiger partial charge >= 0.3 is 5.97 Å². The van der Waals surface area contributed by atoms with Gasteiger partial charge in [0.1, 0.15) is 0 Å². The summed E-state index contributed by atoms with van der Waals surface area (Å²) in [5.74, 6) is -0.742. The number of benzene rings is 2. The summed E-state index contributed by atoms with van der Waals surface area (Å²) in [6, 6.07) is 16.6. The van der Waals surface area contributed by atoms with Crippen molar-refractivity contribution in [3.05, 3.63) is 71.3 Å². The summed E-state index contributed by atoms with van der Waals surface area (Å²) >= 11 is 0. The molecule has 0 unspecified atom stereocenters. The maximum Gasteiger partial charge on any atom is 0.338 e. The van der Waals surface area contributed by atoms with Crippen molar-refractivity contribution >= 4 is 23.5 Å². The Morgan fingerprint density at radius 3 is 2.43 bits per heavy atom. The normalized spacial score (nSPS) is 16.0. The fourth-order valence-corrected chi connectivity index (χ4v) is 3.59. The van der Waals surface area contributed by atoms with Crippen LogP contribution in [-0.4, -0.2) is 53.1 Å². The van der Waals surface area contributed by atoms with Crippen molar-refractivity contribution in [2.75, 3.05) is 19.7 Å². The SMILES string of the molecule is O=C(OCC(=O)N1CCC(c2ccccc2)=N1)c1ccc(CN2CCCC2=O)cc1. The quantitative estimate of drug-likeness (QED) is 0.692. The van der Waals surface area contributed by atoms with Gasteiger partial charge < -0.3 is 9.64 Å². The van der Waals surface area contributed by atoms with E-state index in [2.05, 4.69) is 5.10 Å². The van der Waals surface area contributed by atoms with E-state index in [9.17, 15) is 14.4 Å². The lowest BCUT2D eigenvalue weighted by molar-refractivity contribution is -0.134. The summed E-state index contributed by atoms with van der Waals surface area (Å²) in [6.07, 6.45) is 2.17. The lowest BCUT2D eigenvalue weighted by Gasteiger charge is -2.15. The van der Waals surface area contributed by atoms with Crippen molar-refractivity contribution in [2.24, 2.45) is 5.10 Å². The zero-order chi connectivity index (χ0) is 20.9. The van der Waals surface area contributed by atoms with E-state index in [1.54, 1.807) is 24.3 Å². The van der Waals surface area contributed by atoms with Gasteiger partial charge in [0.2, 0.25) is 5.91 Å². The van der Waals surface area contributed by atoms with Crippen LogP contribution < -0.4 is 0 Å². The zero-order valence-corrected chi connectivity index (χ0v) is 16.6. The second kappa shape index (κ2) is 8.90. The zero-order valence-electron chi connectivity index (χ0n) is 16.6. The Balaban J connectivity index is 1.28. The van der Waals surface area contributed by atoms with Gasteiger partial charge in [-0.1, -0.05) is 42.5 Å². The third-order valence-electron chi connectivity index (χ3n) is 5.26. The minimum atomic E-state index is -0.557. The molecule has 0 aromatic heterocycles. The van der Waals surface area contributed by atoms with Crippen LogP contribution in [0.5, 0.6) is 0 Å². The molecule has 2 aliphatic heterocycles. The molecule has 2 heterocycles. The number of carbonyl (C=O) groups is 3. The molecule has 7 nitrogen and oxygen atoms in total. The van der Waals surface area contributed by atoms with Crippen molar-refractivity contribution in [2.45, 2.75) is 25.8 Å². The molecule has 0 spiro atoms. The van der Waals surface area contributed by atoms with E-state index in [1.807, 2.05) is 35.2 Å². The largest absolute Gasteiger partial charge is 0.452 e. The number of hydrogen-bond donors (Lipinski definition) is 0. The Bertz CT molecular complexity index is 970. The van der Waals surface area contributed by atoms with E-state index in [0.717, 1.165) is 29.8 Å². The fourth-order valence-electron chi connectivity index (χ4n) is 3.59. The predicted octanol–water partition coefficient (Wildman–Crippen LogP) is 2.60. The van der Waals surface area contributed by atoms with E-state index in [-0.39, 0.29) is 18.4 Å². The van der Waals surface area contributed by atoms with Gasteiger partial charge in [0.05, 0.1) is 17.8 Å². The minimum absolute atomic E-state index is 0.164. The van der Waals surface area contributed by atoms with Crippen molar-refractivity contribution in [1.82, 2.24) is 9.91 Å². The first-order valence-electron chi connectivity index (χ1n) is 10.1. The molecule has 2 aromatic rings.